The van der Waals surface area contributed by atoms with Crippen molar-refractivity contribution in [1.29, 1.82) is 0 Å². The van der Waals surface area contributed by atoms with Crippen LogP contribution in [0.5, 0.6) is 0 Å². The van der Waals surface area contributed by atoms with Crippen molar-refractivity contribution in [3.63, 3.8) is 0 Å². The van der Waals surface area contributed by atoms with Gasteiger partial charge in [0.05, 0.1) is 6.10 Å². The average molecular weight is 338 g/mol. The molecule has 0 radical (unpaired) electrons. The topological polar surface area (TPSA) is 32.3 Å². The summed E-state index contributed by atoms with van der Waals surface area (Å²) in [6, 6.07) is 0.0452. The van der Waals surface area contributed by atoms with Crippen LogP contribution in [-0.2, 0) is 0 Å². The number of allylic oxidation sites excluding steroid dienone is 3. The molecule has 0 spiro atoms. The minimum absolute atomic E-state index is 0.0452. The van der Waals surface area contributed by atoms with Crippen molar-refractivity contribution in [2.24, 2.45) is 5.92 Å². The lowest BCUT2D eigenvalue weighted by atomic mass is 9.87. The SMILES string of the molecule is CCCCCCCCNC(C)C(O)C1=CC=C(C(C)C)CC1=S. The predicted molar refractivity (Wildman–Crippen MR) is 105 cm³/mol. The van der Waals surface area contributed by atoms with Crippen LogP contribution in [0.15, 0.2) is 23.3 Å². The predicted octanol–water partition coefficient (Wildman–Crippen LogP) is 4.97. The van der Waals surface area contributed by atoms with E-state index in [1.165, 1.54) is 44.1 Å². The number of nitrogens with one attached hydrogen (secondary N) is 1. The third-order valence-electron chi connectivity index (χ3n) is 4.69. The zero-order valence-electron chi connectivity index (χ0n) is 15.4. The Labute approximate surface area is 148 Å². The summed E-state index contributed by atoms with van der Waals surface area (Å²) in [6.07, 6.45) is 12.2. The van der Waals surface area contributed by atoms with Gasteiger partial charge < -0.3 is 10.4 Å². The van der Waals surface area contributed by atoms with Crippen molar-refractivity contribution in [2.45, 2.75) is 84.8 Å². The number of unbranched alkanes of at least 4 members (excludes halogenated alkanes) is 5. The second kappa shape index (κ2) is 11.1. The fourth-order valence-electron chi connectivity index (χ4n) is 2.91. The largest absolute Gasteiger partial charge is 0.387 e. The number of hydrogen-bond acceptors (Lipinski definition) is 3. The highest BCUT2D eigenvalue weighted by Gasteiger charge is 2.24. The normalized spacial score (nSPS) is 17.9. The molecule has 3 heteroatoms. The Morgan fingerprint density at radius 2 is 1.74 bits per heavy atom. The maximum Gasteiger partial charge on any atom is 0.0951 e. The third-order valence-corrected chi connectivity index (χ3v) is 5.07. The summed E-state index contributed by atoms with van der Waals surface area (Å²) in [7, 11) is 0. The Kier molecular flexibility index (Phi) is 9.92. The molecule has 2 unspecified atom stereocenters. The monoisotopic (exact) mass is 337 g/mol. The third kappa shape index (κ3) is 7.28. The Morgan fingerprint density at radius 1 is 1.09 bits per heavy atom. The molecular weight excluding hydrogens is 302 g/mol. The van der Waals surface area contributed by atoms with E-state index in [0.29, 0.717) is 5.92 Å². The quantitative estimate of drug-likeness (QED) is 0.412. The Morgan fingerprint density at radius 3 is 2.35 bits per heavy atom. The van der Waals surface area contributed by atoms with Crippen LogP contribution in [0, 0.1) is 5.92 Å². The molecule has 0 fully saturated rings. The number of aliphatic hydroxyl groups excluding tert-OH is 1. The lowest BCUT2D eigenvalue weighted by molar-refractivity contribution is 0.173. The maximum absolute atomic E-state index is 10.6. The smallest absolute Gasteiger partial charge is 0.0951 e. The van der Waals surface area contributed by atoms with E-state index in [2.05, 4.69) is 32.2 Å². The number of hydrogen-bond donors (Lipinski definition) is 2. The van der Waals surface area contributed by atoms with Crippen LogP contribution >= 0.6 is 12.2 Å². The van der Waals surface area contributed by atoms with Crippen molar-refractivity contribution in [3.05, 3.63) is 23.3 Å². The summed E-state index contributed by atoms with van der Waals surface area (Å²) in [4.78, 5) is 0.900. The molecule has 0 amide bonds. The molecule has 0 bridgehead atoms. The molecule has 0 saturated carbocycles. The second-order valence-corrected chi connectivity index (χ2v) is 7.57. The molecule has 132 valence electrons. The molecule has 0 aliphatic heterocycles. The van der Waals surface area contributed by atoms with Gasteiger partial charge in [0.1, 0.15) is 0 Å². The molecule has 0 aromatic carbocycles. The van der Waals surface area contributed by atoms with Crippen LogP contribution in [0.4, 0.5) is 0 Å². The van der Waals surface area contributed by atoms with Crippen LogP contribution in [-0.4, -0.2) is 28.7 Å². The molecule has 0 heterocycles. The lowest BCUT2D eigenvalue weighted by Crippen LogP contribution is -2.40. The molecule has 0 aromatic heterocycles. The molecule has 0 saturated heterocycles. The summed E-state index contributed by atoms with van der Waals surface area (Å²) in [5.41, 5.74) is 2.28. The van der Waals surface area contributed by atoms with Crippen LogP contribution in [0.25, 0.3) is 0 Å². The first-order valence-electron chi connectivity index (χ1n) is 9.32. The van der Waals surface area contributed by atoms with E-state index in [0.717, 1.165) is 23.4 Å². The molecule has 1 rings (SSSR count). The van der Waals surface area contributed by atoms with Crippen molar-refractivity contribution >= 4 is 17.1 Å². The zero-order valence-corrected chi connectivity index (χ0v) is 16.2. The minimum atomic E-state index is -0.507. The lowest BCUT2D eigenvalue weighted by Gasteiger charge is -2.26. The first-order valence-corrected chi connectivity index (χ1v) is 9.73. The molecule has 2 N–H and O–H groups in total. The molecule has 2 atom stereocenters. The first-order chi connectivity index (χ1) is 11.0. The van der Waals surface area contributed by atoms with Crippen molar-refractivity contribution in [3.8, 4) is 0 Å². The fraction of sp³-hybridized carbons (Fsp3) is 0.750. The highest BCUT2D eigenvalue weighted by atomic mass is 32.1. The zero-order chi connectivity index (χ0) is 17.2. The summed E-state index contributed by atoms with van der Waals surface area (Å²) < 4.78 is 0. The van der Waals surface area contributed by atoms with E-state index in [9.17, 15) is 5.11 Å². The van der Waals surface area contributed by atoms with Gasteiger partial charge in [-0.2, -0.15) is 0 Å². The molecule has 1 aliphatic carbocycles. The molecule has 0 aromatic rings. The first kappa shape index (κ1) is 20.5. The highest BCUT2D eigenvalue weighted by molar-refractivity contribution is 7.80. The summed E-state index contributed by atoms with van der Waals surface area (Å²) in [6.45, 7) is 9.64. The van der Waals surface area contributed by atoms with Gasteiger partial charge in [-0.1, -0.05) is 82.8 Å². The van der Waals surface area contributed by atoms with E-state index in [4.69, 9.17) is 12.2 Å². The van der Waals surface area contributed by atoms with E-state index >= 15 is 0 Å². The standard InChI is InChI=1S/C20H35NOS/c1-5-6-7-8-9-10-13-21-16(4)20(22)18-12-11-17(15(2)3)14-19(18)23/h11-12,15-16,20-22H,5-10,13-14H2,1-4H3. The van der Waals surface area contributed by atoms with Crippen LogP contribution < -0.4 is 5.32 Å². The van der Waals surface area contributed by atoms with Gasteiger partial charge in [0.15, 0.2) is 0 Å². The number of thiocarbonyl (C=S) groups is 1. The number of rotatable bonds is 11. The van der Waals surface area contributed by atoms with E-state index < -0.39 is 6.10 Å². The molecule has 23 heavy (non-hydrogen) atoms. The van der Waals surface area contributed by atoms with Gasteiger partial charge in [0.25, 0.3) is 0 Å². The van der Waals surface area contributed by atoms with Crippen LogP contribution in [0.3, 0.4) is 0 Å². The summed E-state index contributed by atoms with van der Waals surface area (Å²) >= 11 is 5.52. The van der Waals surface area contributed by atoms with Crippen molar-refractivity contribution in [2.75, 3.05) is 6.54 Å². The molecular formula is C20H35NOS. The fourth-order valence-corrected chi connectivity index (χ4v) is 3.27. The van der Waals surface area contributed by atoms with Gasteiger partial charge in [-0.15, -0.1) is 0 Å². The Bertz CT molecular complexity index is 425. The van der Waals surface area contributed by atoms with Crippen LogP contribution in [0.1, 0.15) is 72.6 Å². The minimum Gasteiger partial charge on any atom is -0.387 e. The van der Waals surface area contributed by atoms with Gasteiger partial charge in [0.2, 0.25) is 0 Å². The summed E-state index contributed by atoms with van der Waals surface area (Å²) in [5.74, 6) is 0.520. The van der Waals surface area contributed by atoms with Gasteiger partial charge in [-0.3, -0.25) is 0 Å². The van der Waals surface area contributed by atoms with E-state index in [-0.39, 0.29) is 6.04 Å². The Balaban J connectivity index is 2.36. The number of aliphatic hydroxyl groups is 1. The van der Waals surface area contributed by atoms with Gasteiger partial charge >= 0.3 is 0 Å². The Hall–Kier alpha value is -0.510. The average Bonchev–Trinajstić information content (AvgIpc) is 2.53. The maximum atomic E-state index is 10.6. The molecule has 1 aliphatic rings. The van der Waals surface area contributed by atoms with Crippen molar-refractivity contribution in [1.82, 2.24) is 5.32 Å². The van der Waals surface area contributed by atoms with E-state index in [1.54, 1.807) is 0 Å². The second-order valence-electron chi connectivity index (χ2n) is 7.07. The van der Waals surface area contributed by atoms with Gasteiger partial charge in [-0.05, 0) is 31.4 Å². The highest BCUT2D eigenvalue weighted by Crippen LogP contribution is 2.25. The van der Waals surface area contributed by atoms with Crippen molar-refractivity contribution < 1.29 is 5.11 Å². The van der Waals surface area contributed by atoms with Gasteiger partial charge in [0, 0.05) is 17.3 Å². The van der Waals surface area contributed by atoms with Crippen LogP contribution in [0.2, 0.25) is 0 Å². The van der Waals surface area contributed by atoms with E-state index in [1.807, 2.05) is 13.0 Å². The van der Waals surface area contributed by atoms with Gasteiger partial charge in [-0.25, -0.2) is 0 Å². The molecule has 2 nitrogen and oxygen atoms in total. The summed E-state index contributed by atoms with van der Waals surface area (Å²) in [5, 5.41) is 14.0.